The first-order chi connectivity index (χ1) is 19.0. The maximum atomic E-state index is 14.4. The summed E-state index contributed by atoms with van der Waals surface area (Å²) in [5, 5.41) is 6.11. The lowest BCUT2D eigenvalue weighted by Crippen LogP contribution is -2.41. The summed E-state index contributed by atoms with van der Waals surface area (Å²) in [4.78, 5) is 28.6. The van der Waals surface area contributed by atoms with Crippen molar-refractivity contribution in [2.24, 2.45) is 5.92 Å². The van der Waals surface area contributed by atoms with Crippen LogP contribution < -0.4 is 10.6 Å². The first kappa shape index (κ1) is 25.8. The van der Waals surface area contributed by atoms with Gasteiger partial charge in [0.1, 0.15) is 17.0 Å². The zero-order valence-electron chi connectivity index (χ0n) is 21.6. The number of likely N-dealkylation sites (tertiary alicyclic amines) is 1. The molecule has 3 aliphatic rings. The third-order valence-corrected chi connectivity index (χ3v) is 8.02. The van der Waals surface area contributed by atoms with Crippen molar-refractivity contribution in [3.05, 3.63) is 35.8 Å². The quantitative estimate of drug-likeness (QED) is 0.455. The number of ether oxygens (including phenoxy) is 1. The van der Waals surface area contributed by atoms with Gasteiger partial charge in [0.2, 0.25) is 17.8 Å². The lowest BCUT2D eigenvalue weighted by atomic mass is 9.85. The van der Waals surface area contributed by atoms with E-state index in [9.17, 15) is 18.0 Å². The summed E-state index contributed by atoms with van der Waals surface area (Å²) in [6, 6.07) is 1.23. The number of rotatable bonds is 6. The molecule has 9 nitrogen and oxygen atoms in total. The van der Waals surface area contributed by atoms with Crippen LogP contribution in [0.2, 0.25) is 0 Å². The molecule has 0 unspecified atom stereocenters. The summed E-state index contributed by atoms with van der Waals surface area (Å²) in [6.07, 6.45) is 8.99. The summed E-state index contributed by atoms with van der Waals surface area (Å²) in [7, 11) is 0. The Morgan fingerprint density at radius 1 is 0.974 bits per heavy atom. The smallest absolute Gasteiger partial charge is 0.225 e. The third kappa shape index (κ3) is 5.39. The fourth-order valence-corrected chi connectivity index (χ4v) is 5.93. The topological polar surface area (TPSA) is 97.2 Å². The Morgan fingerprint density at radius 2 is 1.72 bits per heavy atom. The number of imidazole rings is 1. The zero-order valence-corrected chi connectivity index (χ0v) is 21.6. The highest BCUT2D eigenvalue weighted by Crippen LogP contribution is 2.33. The number of fused-ring (bicyclic) bond motifs is 1. The number of carbonyl (C=O) groups excluding carboxylic acids is 1. The fraction of sp³-hybridized carbons (Fsp3) is 0.556. The zero-order chi connectivity index (χ0) is 26.9. The van der Waals surface area contributed by atoms with Crippen molar-refractivity contribution >= 4 is 34.7 Å². The van der Waals surface area contributed by atoms with Gasteiger partial charge in [-0.1, -0.05) is 0 Å². The van der Waals surface area contributed by atoms with Crippen LogP contribution in [0.5, 0.6) is 0 Å². The normalized spacial score (nSPS) is 23.8. The van der Waals surface area contributed by atoms with Gasteiger partial charge >= 0.3 is 0 Å². The molecule has 4 heterocycles. The average molecular weight is 544 g/mol. The van der Waals surface area contributed by atoms with Crippen LogP contribution in [-0.2, 0) is 9.53 Å². The van der Waals surface area contributed by atoms with Crippen LogP contribution in [0.1, 0.15) is 57.4 Å². The summed E-state index contributed by atoms with van der Waals surface area (Å²) in [5.41, 5.74) is 0.463. The Kier molecular flexibility index (Phi) is 7.28. The molecule has 12 heteroatoms. The van der Waals surface area contributed by atoms with Gasteiger partial charge in [0.15, 0.2) is 17.3 Å². The van der Waals surface area contributed by atoms with Crippen molar-refractivity contribution in [2.75, 3.05) is 36.9 Å². The molecule has 1 atom stereocenters. The van der Waals surface area contributed by atoms with E-state index in [-0.39, 0.29) is 23.9 Å². The summed E-state index contributed by atoms with van der Waals surface area (Å²) in [6.45, 7) is 2.69. The Balaban J connectivity index is 1.20. The van der Waals surface area contributed by atoms with Crippen molar-refractivity contribution in [1.82, 2.24) is 24.4 Å². The van der Waals surface area contributed by atoms with Gasteiger partial charge in [-0.3, -0.25) is 9.36 Å². The van der Waals surface area contributed by atoms with Gasteiger partial charge in [0, 0.05) is 43.8 Å². The second-order valence-corrected chi connectivity index (χ2v) is 10.7. The van der Waals surface area contributed by atoms with E-state index in [1.165, 1.54) is 6.42 Å². The number of hydrogen-bond acceptors (Lipinski definition) is 7. The van der Waals surface area contributed by atoms with Crippen LogP contribution in [0, 0.1) is 23.4 Å². The molecule has 208 valence electrons. The number of amides is 1. The highest BCUT2D eigenvalue weighted by Gasteiger charge is 2.31. The molecule has 6 rings (SSSR count). The van der Waals surface area contributed by atoms with E-state index in [0.29, 0.717) is 54.8 Å². The molecule has 0 radical (unpaired) electrons. The number of nitrogens with zero attached hydrogens (tertiary/aromatic N) is 5. The molecule has 2 aromatic heterocycles. The van der Waals surface area contributed by atoms with Crippen LogP contribution in [0.15, 0.2) is 18.3 Å². The van der Waals surface area contributed by atoms with E-state index in [0.717, 1.165) is 51.6 Å². The maximum Gasteiger partial charge on any atom is 0.225 e. The van der Waals surface area contributed by atoms with Crippen LogP contribution in [0.3, 0.4) is 0 Å². The highest BCUT2D eigenvalue weighted by atomic mass is 19.1. The van der Waals surface area contributed by atoms with Crippen molar-refractivity contribution in [2.45, 2.75) is 63.5 Å². The predicted molar refractivity (Wildman–Crippen MR) is 139 cm³/mol. The first-order valence-electron chi connectivity index (χ1n) is 13.8. The van der Waals surface area contributed by atoms with Crippen molar-refractivity contribution in [1.29, 1.82) is 0 Å². The fourth-order valence-electron chi connectivity index (χ4n) is 5.93. The number of nitrogens with one attached hydrogen (secondary N) is 2. The van der Waals surface area contributed by atoms with E-state index >= 15 is 0 Å². The molecule has 0 spiro atoms. The van der Waals surface area contributed by atoms with Crippen LogP contribution in [0.25, 0.3) is 11.2 Å². The third-order valence-electron chi connectivity index (χ3n) is 8.02. The molecule has 1 aromatic carbocycles. The number of aromatic nitrogens is 4. The molecule has 1 aliphatic carbocycles. The number of anilines is 3. The molecule has 39 heavy (non-hydrogen) atoms. The number of carbonyl (C=O) groups is 1. The van der Waals surface area contributed by atoms with Gasteiger partial charge in [0.05, 0.1) is 18.8 Å². The molecule has 1 amide bonds. The molecule has 1 saturated carbocycles. The Bertz CT molecular complexity index is 1320. The summed E-state index contributed by atoms with van der Waals surface area (Å²) < 4.78 is 49.6. The van der Waals surface area contributed by atoms with Gasteiger partial charge in [-0.2, -0.15) is 4.98 Å². The Labute approximate surface area is 224 Å². The molecular weight excluding hydrogens is 511 g/mol. The summed E-state index contributed by atoms with van der Waals surface area (Å²) in [5.74, 6) is -2.14. The van der Waals surface area contributed by atoms with Crippen molar-refractivity contribution in [3.63, 3.8) is 0 Å². The Hall–Kier alpha value is -3.41. The average Bonchev–Trinajstić information content (AvgIpc) is 3.58. The second kappa shape index (κ2) is 11.0. The van der Waals surface area contributed by atoms with Gasteiger partial charge in [-0.15, -0.1) is 0 Å². The summed E-state index contributed by atoms with van der Waals surface area (Å²) >= 11 is 0. The molecule has 2 N–H and O–H groups in total. The van der Waals surface area contributed by atoms with Gasteiger partial charge in [-0.05, 0) is 51.4 Å². The van der Waals surface area contributed by atoms with E-state index in [4.69, 9.17) is 9.72 Å². The lowest BCUT2D eigenvalue weighted by molar-refractivity contribution is -0.137. The number of halogens is 3. The minimum Gasteiger partial charge on any atom is -0.379 e. The minimum atomic E-state index is -1.06. The van der Waals surface area contributed by atoms with Crippen LogP contribution in [0.4, 0.5) is 30.8 Å². The maximum absolute atomic E-state index is 14.4. The minimum absolute atomic E-state index is 0.0780. The molecule has 0 bridgehead atoms. The van der Waals surface area contributed by atoms with E-state index in [1.54, 1.807) is 10.8 Å². The van der Waals surface area contributed by atoms with E-state index < -0.39 is 23.1 Å². The van der Waals surface area contributed by atoms with Gasteiger partial charge < -0.3 is 20.3 Å². The number of hydrogen-bond donors (Lipinski definition) is 2. The lowest BCUT2D eigenvalue weighted by Gasteiger charge is -2.34. The molecular formula is C27H32F3N7O2. The molecule has 2 aliphatic heterocycles. The van der Waals surface area contributed by atoms with Crippen molar-refractivity contribution < 1.29 is 22.7 Å². The predicted octanol–water partition coefficient (Wildman–Crippen LogP) is 4.93. The van der Waals surface area contributed by atoms with E-state index in [1.807, 2.05) is 4.90 Å². The highest BCUT2D eigenvalue weighted by molar-refractivity contribution is 5.79. The molecule has 3 aromatic rings. The second-order valence-electron chi connectivity index (χ2n) is 10.7. The largest absolute Gasteiger partial charge is 0.379 e. The standard InChI is InChI=1S/C27H32F3N7O2/c28-17-12-20(29)23(21(30)13-17)34-27-33-22-14-31-26(35-24(22)37(27)19-8-11-39-15-19)32-18-6-4-16(5-7-18)25(38)36-9-2-1-3-10-36/h12-14,16,18-19H,1-11,15H2,(H,33,34)(H,31,32,35)/t16?,18?,19-/m1/s1. The van der Waals surface area contributed by atoms with Gasteiger partial charge in [-0.25, -0.2) is 23.1 Å². The Morgan fingerprint density at radius 3 is 2.41 bits per heavy atom. The van der Waals surface area contributed by atoms with E-state index in [2.05, 4.69) is 20.6 Å². The number of benzene rings is 1. The first-order valence-corrected chi connectivity index (χ1v) is 13.8. The van der Waals surface area contributed by atoms with Crippen LogP contribution >= 0.6 is 0 Å². The monoisotopic (exact) mass is 543 g/mol. The molecule has 3 fully saturated rings. The van der Waals surface area contributed by atoms with Crippen LogP contribution in [-0.4, -0.2) is 62.7 Å². The van der Waals surface area contributed by atoms with Crippen molar-refractivity contribution in [3.8, 4) is 0 Å². The molecule has 2 saturated heterocycles. The SMILES string of the molecule is O=C(C1CCC(Nc2ncc3nc(Nc4c(F)cc(F)cc4F)n([C@@H]4CCOC4)c3n2)CC1)N1CCCCC1. The van der Waals surface area contributed by atoms with Gasteiger partial charge in [0.25, 0.3) is 0 Å². The number of piperidine rings is 1.